The molecule has 0 N–H and O–H groups in total. The van der Waals surface area contributed by atoms with Crippen LogP contribution in [0.25, 0.3) is 17.6 Å². The molecule has 0 radical (unpaired) electrons. The lowest BCUT2D eigenvalue weighted by molar-refractivity contribution is 0.844. The second-order valence-corrected chi connectivity index (χ2v) is 3.39. The Morgan fingerprint density at radius 2 is 1.81 bits per heavy atom. The summed E-state index contributed by atoms with van der Waals surface area (Å²) in [6.07, 6.45) is 3.22. The predicted molar refractivity (Wildman–Crippen MR) is 60.4 cm³/mol. The zero-order chi connectivity index (χ0) is 11.5. The molecule has 2 rings (SSSR count). The summed E-state index contributed by atoms with van der Waals surface area (Å²) in [6.45, 7) is 7.53. The molecule has 5 heteroatoms. The first-order valence-electron chi connectivity index (χ1n) is 4.85. The van der Waals surface area contributed by atoms with Crippen molar-refractivity contribution < 1.29 is 0 Å². The van der Waals surface area contributed by atoms with E-state index in [1.54, 1.807) is 6.20 Å². The quantitative estimate of drug-likeness (QED) is 0.757. The number of nitrogens with zero attached hydrogens (tertiary/aromatic N) is 5. The van der Waals surface area contributed by atoms with Gasteiger partial charge >= 0.3 is 0 Å². The third-order valence-electron chi connectivity index (χ3n) is 2.36. The highest BCUT2D eigenvalue weighted by Gasteiger charge is 2.09. The van der Waals surface area contributed by atoms with E-state index in [9.17, 15) is 0 Å². The van der Waals surface area contributed by atoms with Crippen molar-refractivity contribution in [3.05, 3.63) is 35.8 Å². The fourth-order valence-corrected chi connectivity index (χ4v) is 1.27. The first kappa shape index (κ1) is 10.4. The lowest BCUT2D eigenvalue weighted by Gasteiger charge is -2.04. The van der Waals surface area contributed by atoms with Crippen molar-refractivity contribution in [3.63, 3.8) is 0 Å². The van der Waals surface area contributed by atoms with Gasteiger partial charge in [0.25, 0.3) is 0 Å². The van der Waals surface area contributed by atoms with Crippen LogP contribution < -0.4 is 0 Å². The molecule has 0 unspecified atom stereocenters. The van der Waals surface area contributed by atoms with Gasteiger partial charge in [0.05, 0.1) is 0 Å². The largest absolute Gasteiger partial charge is 0.252 e. The molecule has 0 aliphatic rings. The molecule has 80 valence electrons. The van der Waals surface area contributed by atoms with Gasteiger partial charge in [-0.1, -0.05) is 6.58 Å². The average Bonchev–Trinajstić information content (AvgIpc) is 2.33. The molecular formula is C11H11N5. The molecule has 0 saturated carbocycles. The summed E-state index contributed by atoms with van der Waals surface area (Å²) in [7, 11) is 0. The molecule has 2 aromatic heterocycles. The number of aromatic nitrogens is 5. The number of pyridine rings is 1. The van der Waals surface area contributed by atoms with Gasteiger partial charge in [0.15, 0.2) is 5.82 Å². The zero-order valence-corrected chi connectivity index (χ0v) is 9.18. The molecule has 0 fully saturated rings. The van der Waals surface area contributed by atoms with Gasteiger partial charge in [0.2, 0.25) is 5.82 Å². The van der Waals surface area contributed by atoms with Gasteiger partial charge in [-0.3, -0.25) is 4.98 Å². The van der Waals surface area contributed by atoms with Crippen LogP contribution in [0.3, 0.4) is 0 Å². The standard InChI is InChI=1S/C11H11N5/c1-4-9-13-15-11(16-14-9)10-8(3)7(2)5-6-12-10/h4-6H,1H2,2-3H3. The van der Waals surface area contributed by atoms with Crippen molar-refractivity contribution in [1.82, 2.24) is 25.4 Å². The Hall–Kier alpha value is -2.17. The Labute approximate surface area is 93.3 Å². The zero-order valence-electron chi connectivity index (χ0n) is 9.18. The highest BCUT2D eigenvalue weighted by atomic mass is 15.3. The summed E-state index contributed by atoms with van der Waals surface area (Å²) in [5.41, 5.74) is 2.90. The Balaban J connectivity index is 2.50. The van der Waals surface area contributed by atoms with Crippen LogP contribution in [0.1, 0.15) is 17.0 Å². The smallest absolute Gasteiger partial charge is 0.222 e. The topological polar surface area (TPSA) is 64.5 Å². The monoisotopic (exact) mass is 213 g/mol. The Morgan fingerprint density at radius 3 is 2.44 bits per heavy atom. The van der Waals surface area contributed by atoms with E-state index in [2.05, 4.69) is 32.0 Å². The van der Waals surface area contributed by atoms with Gasteiger partial charge < -0.3 is 0 Å². The molecule has 2 heterocycles. The van der Waals surface area contributed by atoms with E-state index in [4.69, 9.17) is 0 Å². The summed E-state index contributed by atoms with van der Waals surface area (Å²) >= 11 is 0. The van der Waals surface area contributed by atoms with Gasteiger partial charge in [0.1, 0.15) is 5.69 Å². The maximum atomic E-state index is 4.23. The van der Waals surface area contributed by atoms with Crippen LogP contribution in [0.15, 0.2) is 18.8 Å². The van der Waals surface area contributed by atoms with Crippen molar-refractivity contribution in [2.24, 2.45) is 0 Å². The van der Waals surface area contributed by atoms with Gasteiger partial charge in [-0.2, -0.15) is 0 Å². The van der Waals surface area contributed by atoms with Gasteiger partial charge in [0, 0.05) is 6.20 Å². The van der Waals surface area contributed by atoms with Crippen molar-refractivity contribution in [2.45, 2.75) is 13.8 Å². The molecule has 16 heavy (non-hydrogen) atoms. The Kier molecular flexibility index (Phi) is 2.68. The minimum absolute atomic E-state index is 0.411. The molecular weight excluding hydrogens is 202 g/mol. The molecule has 0 aromatic carbocycles. The van der Waals surface area contributed by atoms with Crippen LogP contribution in [-0.2, 0) is 0 Å². The van der Waals surface area contributed by atoms with Crippen LogP contribution in [0.5, 0.6) is 0 Å². The summed E-state index contributed by atoms with van der Waals surface area (Å²) in [4.78, 5) is 4.23. The first-order chi connectivity index (χ1) is 7.72. The van der Waals surface area contributed by atoms with Crippen LogP contribution in [0.4, 0.5) is 0 Å². The van der Waals surface area contributed by atoms with Crippen molar-refractivity contribution in [1.29, 1.82) is 0 Å². The molecule has 0 atom stereocenters. The Bertz CT molecular complexity index is 518. The van der Waals surface area contributed by atoms with E-state index in [0.717, 1.165) is 16.8 Å². The lowest BCUT2D eigenvalue weighted by atomic mass is 10.1. The molecule has 0 amide bonds. The number of hydrogen-bond donors (Lipinski definition) is 0. The van der Waals surface area contributed by atoms with Gasteiger partial charge in [-0.25, -0.2) is 0 Å². The third kappa shape index (κ3) is 1.79. The van der Waals surface area contributed by atoms with Crippen LogP contribution >= 0.6 is 0 Å². The molecule has 0 bridgehead atoms. The third-order valence-corrected chi connectivity index (χ3v) is 2.36. The van der Waals surface area contributed by atoms with E-state index in [1.807, 2.05) is 19.9 Å². The van der Waals surface area contributed by atoms with Gasteiger partial charge in [-0.05, 0) is 37.1 Å². The first-order valence-corrected chi connectivity index (χ1v) is 4.85. The van der Waals surface area contributed by atoms with Crippen LogP contribution in [-0.4, -0.2) is 25.4 Å². The highest BCUT2D eigenvalue weighted by Crippen LogP contribution is 2.17. The molecule has 2 aromatic rings. The molecule has 5 nitrogen and oxygen atoms in total. The van der Waals surface area contributed by atoms with E-state index in [1.165, 1.54) is 6.08 Å². The fraction of sp³-hybridized carbons (Fsp3) is 0.182. The van der Waals surface area contributed by atoms with E-state index in [-0.39, 0.29) is 0 Å². The van der Waals surface area contributed by atoms with E-state index < -0.39 is 0 Å². The predicted octanol–water partition coefficient (Wildman–Crippen LogP) is 1.59. The van der Waals surface area contributed by atoms with Crippen molar-refractivity contribution in [3.8, 4) is 11.5 Å². The SMILES string of the molecule is C=Cc1nnc(-c2nccc(C)c2C)nn1. The fourth-order valence-electron chi connectivity index (χ4n) is 1.27. The highest BCUT2D eigenvalue weighted by molar-refractivity contribution is 5.55. The second-order valence-electron chi connectivity index (χ2n) is 3.39. The summed E-state index contributed by atoms with van der Waals surface area (Å²) in [6, 6.07) is 1.94. The minimum Gasteiger partial charge on any atom is -0.252 e. The maximum Gasteiger partial charge on any atom is 0.222 e. The molecule has 0 spiro atoms. The van der Waals surface area contributed by atoms with Crippen molar-refractivity contribution in [2.75, 3.05) is 0 Å². The second kappa shape index (κ2) is 4.14. The lowest BCUT2D eigenvalue weighted by Crippen LogP contribution is -2.02. The minimum atomic E-state index is 0.411. The number of hydrogen-bond acceptors (Lipinski definition) is 5. The van der Waals surface area contributed by atoms with Crippen LogP contribution in [0.2, 0.25) is 0 Å². The number of rotatable bonds is 2. The number of aryl methyl sites for hydroxylation is 1. The summed E-state index contributed by atoms with van der Waals surface area (Å²) < 4.78 is 0. The van der Waals surface area contributed by atoms with E-state index >= 15 is 0 Å². The van der Waals surface area contributed by atoms with Gasteiger partial charge in [-0.15, -0.1) is 20.4 Å². The van der Waals surface area contributed by atoms with Crippen LogP contribution in [0, 0.1) is 13.8 Å². The Morgan fingerprint density at radius 1 is 1.12 bits per heavy atom. The normalized spacial score (nSPS) is 10.1. The van der Waals surface area contributed by atoms with Crippen molar-refractivity contribution >= 4 is 6.08 Å². The molecule has 0 aliphatic heterocycles. The maximum absolute atomic E-state index is 4.23. The van der Waals surface area contributed by atoms with E-state index in [0.29, 0.717) is 11.6 Å². The summed E-state index contributed by atoms with van der Waals surface area (Å²) in [5, 5.41) is 15.7. The average molecular weight is 213 g/mol. The molecule has 0 saturated heterocycles. The summed E-state index contributed by atoms with van der Waals surface area (Å²) in [5.74, 6) is 0.848. The molecule has 0 aliphatic carbocycles.